The number of amides is 1. The van der Waals surface area contributed by atoms with E-state index in [2.05, 4.69) is 5.32 Å². The fraction of sp³-hybridized carbons (Fsp3) is 0.235. The van der Waals surface area contributed by atoms with Crippen LogP contribution in [0, 0.1) is 6.92 Å². The summed E-state index contributed by atoms with van der Waals surface area (Å²) in [6.45, 7) is 1.99. The fourth-order valence-corrected chi connectivity index (χ4v) is 3.74. The molecule has 0 radical (unpaired) electrons. The summed E-state index contributed by atoms with van der Waals surface area (Å²) in [6.07, 6.45) is 3.11. The van der Waals surface area contributed by atoms with Gasteiger partial charge in [0.1, 0.15) is 5.75 Å². The predicted octanol–water partition coefficient (Wildman–Crippen LogP) is 2.97. The van der Waals surface area contributed by atoms with Crippen molar-refractivity contribution >= 4 is 39.0 Å². The summed E-state index contributed by atoms with van der Waals surface area (Å²) in [5.41, 5.74) is 0.294. The molecule has 0 spiro atoms. The van der Waals surface area contributed by atoms with Gasteiger partial charge in [-0.2, -0.15) is 0 Å². The lowest BCUT2D eigenvalue weighted by Gasteiger charge is -2.14. The first kappa shape index (κ1) is 19.2. The van der Waals surface area contributed by atoms with Crippen molar-refractivity contribution in [1.29, 1.82) is 0 Å². The van der Waals surface area contributed by atoms with Gasteiger partial charge in [0.2, 0.25) is 15.9 Å². The number of thiophene rings is 1. The highest BCUT2D eigenvalue weighted by atomic mass is 32.2. The Kier molecular flexibility index (Phi) is 5.99. The number of benzene rings is 1. The lowest BCUT2D eigenvalue weighted by Crippen LogP contribution is -2.22. The number of ether oxygens (including phenoxy) is 1. The summed E-state index contributed by atoms with van der Waals surface area (Å²) in [5.74, 6) is 0.00942. The molecule has 0 saturated heterocycles. The molecule has 25 heavy (non-hydrogen) atoms. The minimum atomic E-state index is -3.60. The predicted molar refractivity (Wildman–Crippen MR) is 101 cm³/mol. The van der Waals surface area contributed by atoms with Crippen LogP contribution in [0.15, 0.2) is 41.3 Å². The van der Waals surface area contributed by atoms with Crippen LogP contribution in [-0.2, 0) is 14.8 Å². The largest absolute Gasteiger partial charge is 0.495 e. The lowest BCUT2D eigenvalue weighted by atomic mass is 10.3. The molecule has 0 aliphatic heterocycles. The van der Waals surface area contributed by atoms with Gasteiger partial charge in [-0.3, -0.25) is 4.79 Å². The second kappa shape index (κ2) is 7.81. The highest BCUT2D eigenvalue weighted by Crippen LogP contribution is 2.28. The van der Waals surface area contributed by atoms with E-state index in [-0.39, 0.29) is 10.8 Å². The van der Waals surface area contributed by atoms with Gasteiger partial charge in [0.25, 0.3) is 0 Å². The highest BCUT2D eigenvalue weighted by Gasteiger charge is 2.19. The molecule has 0 atom stereocenters. The quantitative estimate of drug-likeness (QED) is 0.782. The minimum absolute atomic E-state index is 0.0754. The van der Waals surface area contributed by atoms with E-state index in [4.69, 9.17) is 4.74 Å². The minimum Gasteiger partial charge on any atom is -0.495 e. The van der Waals surface area contributed by atoms with E-state index in [9.17, 15) is 13.2 Å². The number of nitrogens with one attached hydrogen (secondary N) is 1. The van der Waals surface area contributed by atoms with Crippen LogP contribution in [0.5, 0.6) is 5.75 Å². The van der Waals surface area contributed by atoms with Gasteiger partial charge in [0.15, 0.2) is 0 Å². The van der Waals surface area contributed by atoms with Gasteiger partial charge in [0, 0.05) is 29.9 Å². The van der Waals surface area contributed by atoms with Crippen molar-refractivity contribution in [3.05, 3.63) is 46.2 Å². The first-order chi connectivity index (χ1) is 11.7. The van der Waals surface area contributed by atoms with Gasteiger partial charge in [-0.15, -0.1) is 11.3 Å². The van der Waals surface area contributed by atoms with Gasteiger partial charge >= 0.3 is 0 Å². The third kappa shape index (κ3) is 4.68. The highest BCUT2D eigenvalue weighted by molar-refractivity contribution is 7.89. The van der Waals surface area contributed by atoms with E-state index in [0.717, 1.165) is 14.1 Å². The second-order valence-electron chi connectivity index (χ2n) is 5.42. The molecule has 0 fully saturated rings. The standard InChI is InChI=1S/C17H20N2O4S2/c1-12-5-6-13(24-12)7-10-17(20)18-15-11-14(8-9-16(15)23-4)25(21,22)19(2)3/h5-11H,1-4H3,(H,18,20). The molecule has 6 nitrogen and oxygen atoms in total. The Morgan fingerprint density at radius 3 is 2.52 bits per heavy atom. The van der Waals surface area contributed by atoms with E-state index in [1.807, 2.05) is 19.1 Å². The normalized spacial score (nSPS) is 11.9. The van der Waals surface area contributed by atoms with Crippen molar-refractivity contribution in [1.82, 2.24) is 4.31 Å². The third-order valence-corrected chi connectivity index (χ3v) is 6.14. The number of anilines is 1. The van der Waals surface area contributed by atoms with Gasteiger partial charge in [-0.1, -0.05) is 0 Å². The maximum absolute atomic E-state index is 12.2. The van der Waals surface area contributed by atoms with Crippen LogP contribution in [0.2, 0.25) is 0 Å². The fourth-order valence-electron chi connectivity index (χ4n) is 2.03. The molecule has 1 amide bonds. The van der Waals surface area contributed by atoms with Crippen LogP contribution in [0.25, 0.3) is 6.08 Å². The average Bonchev–Trinajstić information content (AvgIpc) is 2.98. The van der Waals surface area contributed by atoms with Crippen molar-refractivity contribution < 1.29 is 17.9 Å². The topological polar surface area (TPSA) is 75.7 Å². The number of sulfonamides is 1. The molecule has 2 aromatic rings. The third-order valence-electron chi connectivity index (χ3n) is 3.37. The Balaban J connectivity index is 2.25. The molecule has 2 rings (SSSR count). The maximum Gasteiger partial charge on any atom is 0.248 e. The zero-order valence-corrected chi connectivity index (χ0v) is 16.1. The molecule has 1 N–H and O–H groups in total. The Hall–Kier alpha value is -2.16. The summed E-state index contributed by atoms with van der Waals surface area (Å²) >= 11 is 1.58. The van der Waals surface area contributed by atoms with E-state index < -0.39 is 10.0 Å². The molecule has 0 saturated carbocycles. The smallest absolute Gasteiger partial charge is 0.248 e. The summed E-state index contributed by atoms with van der Waals surface area (Å²) < 4.78 is 30.8. The molecule has 0 aliphatic rings. The number of hydrogen-bond acceptors (Lipinski definition) is 5. The first-order valence-electron chi connectivity index (χ1n) is 7.40. The molecule has 134 valence electrons. The van der Waals surface area contributed by atoms with Crippen molar-refractivity contribution in [2.45, 2.75) is 11.8 Å². The van der Waals surface area contributed by atoms with Crippen LogP contribution in [0.3, 0.4) is 0 Å². The number of rotatable bonds is 6. The molecule has 0 unspecified atom stereocenters. The molecular formula is C17H20N2O4S2. The Morgan fingerprint density at radius 2 is 1.96 bits per heavy atom. The Morgan fingerprint density at radius 1 is 1.24 bits per heavy atom. The molecule has 1 aromatic carbocycles. The molecule has 0 bridgehead atoms. The number of nitrogens with zero attached hydrogens (tertiary/aromatic N) is 1. The van der Waals surface area contributed by atoms with Crippen LogP contribution < -0.4 is 10.1 Å². The van der Waals surface area contributed by atoms with E-state index in [1.165, 1.54) is 45.5 Å². The van der Waals surface area contributed by atoms with Crippen molar-refractivity contribution in [3.63, 3.8) is 0 Å². The summed E-state index contributed by atoms with van der Waals surface area (Å²) in [4.78, 5) is 14.3. The summed E-state index contributed by atoms with van der Waals surface area (Å²) in [6, 6.07) is 8.23. The first-order valence-corrected chi connectivity index (χ1v) is 9.66. The van der Waals surface area contributed by atoms with E-state index >= 15 is 0 Å². The summed E-state index contributed by atoms with van der Waals surface area (Å²) in [5, 5.41) is 2.66. The van der Waals surface area contributed by atoms with Crippen LogP contribution in [-0.4, -0.2) is 39.8 Å². The average molecular weight is 380 g/mol. The van der Waals surface area contributed by atoms with Crippen LogP contribution in [0.4, 0.5) is 5.69 Å². The van der Waals surface area contributed by atoms with Gasteiger partial charge in [-0.05, 0) is 43.3 Å². The van der Waals surface area contributed by atoms with Gasteiger partial charge < -0.3 is 10.1 Å². The zero-order valence-electron chi connectivity index (χ0n) is 14.4. The number of carbonyl (C=O) groups excluding carboxylic acids is 1. The second-order valence-corrected chi connectivity index (χ2v) is 8.89. The maximum atomic E-state index is 12.2. The monoisotopic (exact) mass is 380 g/mol. The SMILES string of the molecule is COc1ccc(S(=O)(=O)N(C)C)cc1NC(=O)C=Cc1ccc(C)s1. The van der Waals surface area contributed by atoms with Crippen LogP contribution in [0.1, 0.15) is 9.75 Å². The van der Waals surface area contributed by atoms with E-state index in [0.29, 0.717) is 11.4 Å². The van der Waals surface area contributed by atoms with Crippen LogP contribution >= 0.6 is 11.3 Å². The molecule has 0 aliphatic carbocycles. The summed E-state index contributed by atoms with van der Waals surface area (Å²) in [7, 11) is 0.747. The van der Waals surface area contributed by atoms with Crippen molar-refractivity contribution in [2.24, 2.45) is 0 Å². The number of methoxy groups -OCH3 is 1. The Labute approximate surface area is 151 Å². The van der Waals surface area contributed by atoms with Gasteiger partial charge in [-0.25, -0.2) is 12.7 Å². The molecule has 8 heteroatoms. The van der Waals surface area contributed by atoms with Gasteiger partial charge in [0.05, 0.1) is 17.7 Å². The molecule has 1 heterocycles. The molecular weight excluding hydrogens is 360 g/mol. The molecule has 1 aromatic heterocycles. The number of hydrogen-bond donors (Lipinski definition) is 1. The zero-order chi connectivity index (χ0) is 18.6. The van der Waals surface area contributed by atoms with Crippen molar-refractivity contribution in [2.75, 3.05) is 26.5 Å². The number of carbonyl (C=O) groups is 1. The lowest BCUT2D eigenvalue weighted by molar-refractivity contribution is -0.111. The van der Waals surface area contributed by atoms with E-state index in [1.54, 1.807) is 17.4 Å². The van der Waals surface area contributed by atoms with Crippen molar-refractivity contribution in [3.8, 4) is 5.75 Å². The number of aryl methyl sites for hydroxylation is 1. The Bertz CT molecular complexity index is 899.